The van der Waals surface area contributed by atoms with E-state index in [-0.39, 0.29) is 17.3 Å². The van der Waals surface area contributed by atoms with E-state index in [4.69, 9.17) is 34.8 Å². The van der Waals surface area contributed by atoms with Crippen LogP contribution < -0.4 is 9.62 Å². The molecule has 1 atom stereocenters. The van der Waals surface area contributed by atoms with Gasteiger partial charge >= 0.3 is 0 Å². The van der Waals surface area contributed by atoms with Crippen molar-refractivity contribution in [2.24, 2.45) is 0 Å². The van der Waals surface area contributed by atoms with Crippen LogP contribution in [0.15, 0.2) is 65.6 Å². The molecule has 2 amide bonds. The smallest absolute Gasteiger partial charge is 0.264 e. The number of anilines is 1. The largest absolute Gasteiger partial charge is 0.354 e. The predicted octanol–water partition coefficient (Wildman–Crippen LogP) is 7.18. The summed E-state index contributed by atoms with van der Waals surface area (Å²) in [5, 5.41) is 4.01. The van der Waals surface area contributed by atoms with E-state index in [1.807, 2.05) is 20.8 Å². The molecular weight excluding hydrogens is 617 g/mol. The second-order valence-corrected chi connectivity index (χ2v) is 13.2. The van der Waals surface area contributed by atoms with Crippen molar-refractivity contribution in [3.63, 3.8) is 0 Å². The van der Waals surface area contributed by atoms with Crippen LogP contribution in [-0.4, -0.2) is 44.3 Å². The molecule has 7 nitrogen and oxygen atoms in total. The number of nitrogens with zero attached hydrogens (tertiary/aromatic N) is 2. The molecular formula is C31H36Cl3N3O4S. The van der Waals surface area contributed by atoms with Gasteiger partial charge in [0.15, 0.2) is 0 Å². The third kappa shape index (κ3) is 8.40. The molecule has 0 fully saturated rings. The number of nitrogens with one attached hydrogen (secondary N) is 1. The highest BCUT2D eigenvalue weighted by Crippen LogP contribution is 2.30. The minimum atomic E-state index is -4.19. The summed E-state index contributed by atoms with van der Waals surface area (Å²) in [5.74, 6) is -0.862. The van der Waals surface area contributed by atoms with E-state index < -0.39 is 28.5 Å². The van der Waals surface area contributed by atoms with Gasteiger partial charge in [-0.05, 0) is 80.3 Å². The Labute approximate surface area is 263 Å². The maximum atomic E-state index is 14.2. The Morgan fingerprint density at radius 3 is 2.19 bits per heavy atom. The Morgan fingerprint density at radius 1 is 0.905 bits per heavy atom. The Bertz CT molecular complexity index is 1510. The van der Waals surface area contributed by atoms with Gasteiger partial charge in [-0.1, -0.05) is 78.8 Å². The lowest BCUT2D eigenvalue weighted by Crippen LogP contribution is -2.52. The third-order valence-corrected chi connectivity index (χ3v) is 9.62. The molecule has 11 heteroatoms. The summed E-state index contributed by atoms with van der Waals surface area (Å²) >= 11 is 18.6. The van der Waals surface area contributed by atoms with Crippen LogP contribution in [0, 0.1) is 13.8 Å². The first-order valence-corrected chi connectivity index (χ1v) is 16.3. The first kappa shape index (κ1) is 33.7. The highest BCUT2D eigenvalue weighted by molar-refractivity contribution is 7.92. The van der Waals surface area contributed by atoms with Gasteiger partial charge in [-0.25, -0.2) is 8.42 Å². The monoisotopic (exact) mass is 651 g/mol. The summed E-state index contributed by atoms with van der Waals surface area (Å²) in [6.07, 6.45) is 2.01. The second-order valence-electron chi connectivity index (χ2n) is 10.1. The molecule has 3 aromatic rings. The number of rotatable bonds is 13. The highest BCUT2D eigenvalue weighted by atomic mass is 35.5. The predicted molar refractivity (Wildman–Crippen MR) is 171 cm³/mol. The molecule has 3 rings (SSSR count). The Balaban J connectivity index is 2.08. The van der Waals surface area contributed by atoms with Crippen LogP contribution in [0.25, 0.3) is 0 Å². The van der Waals surface area contributed by atoms with Crippen LogP contribution in [0.4, 0.5) is 5.69 Å². The van der Waals surface area contributed by atoms with Gasteiger partial charge in [-0.3, -0.25) is 13.9 Å². The minimum absolute atomic E-state index is 0.0213. The number of carbonyl (C=O) groups excluding carboxylic acids is 2. The van der Waals surface area contributed by atoms with Crippen molar-refractivity contribution in [3.8, 4) is 0 Å². The van der Waals surface area contributed by atoms with Gasteiger partial charge in [0.25, 0.3) is 10.0 Å². The lowest BCUT2D eigenvalue weighted by molar-refractivity contribution is -0.140. The standard InChI is InChI=1S/C31H36Cl3N3O4S/c1-5-7-16-35-31(39)28(6-2)36(19-23-10-14-26(33)27(34)18-23)30(38)20-37(29-15-11-24(32)17-22(29)4)42(40,41)25-12-8-21(3)9-13-25/h8-15,17-18,28H,5-7,16,19-20H2,1-4H3,(H,35,39). The number of benzene rings is 3. The number of hydrogen-bond donors (Lipinski definition) is 1. The van der Waals surface area contributed by atoms with E-state index in [2.05, 4.69) is 5.32 Å². The first-order valence-electron chi connectivity index (χ1n) is 13.8. The summed E-state index contributed by atoms with van der Waals surface area (Å²) in [7, 11) is -4.19. The number of hydrogen-bond acceptors (Lipinski definition) is 4. The second kappa shape index (κ2) is 15.1. The van der Waals surface area contributed by atoms with Crippen LogP contribution in [-0.2, 0) is 26.2 Å². The number of halogens is 3. The fourth-order valence-corrected chi connectivity index (χ4v) is 6.54. The number of unbranched alkanes of at least 4 members (excludes halogenated alkanes) is 1. The molecule has 0 radical (unpaired) electrons. The van der Waals surface area contributed by atoms with Gasteiger partial charge in [-0.15, -0.1) is 0 Å². The summed E-state index contributed by atoms with van der Waals surface area (Å²) in [6, 6.07) is 15.4. The average Bonchev–Trinajstić information content (AvgIpc) is 2.94. The SMILES string of the molecule is CCCCNC(=O)C(CC)N(Cc1ccc(Cl)c(Cl)c1)C(=O)CN(c1ccc(Cl)cc1C)S(=O)(=O)c1ccc(C)cc1. The summed E-state index contributed by atoms with van der Waals surface area (Å²) in [4.78, 5) is 28.9. The molecule has 42 heavy (non-hydrogen) atoms. The Hall–Kier alpha value is -2.78. The molecule has 0 saturated carbocycles. The maximum absolute atomic E-state index is 14.2. The van der Waals surface area contributed by atoms with Crippen molar-refractivity contribution in [2.75, 3.05) is 17.4 Å². The number of sulfonamides is 1. The molecule has 0 aliphatic heterocycles. The zero-order valence-electron chi connectivity index (χ0n) is 24.2. The molecule has 0 bridgehead atoms. The van der Waals surface area contributed by atoms with Gasteiger partial charge in [0, 0.05) is 18.1 Å². The van der Waals surface area contributed by atoms with Crippen LogP contribution in [0.3, 0.4) is 0 Å². The van der Waals surface area contributed by atoms with Crippen molar-refractivity contribution in [2.45, 2.75) is 64.4 Å². The van der Waals surface area contributed by atoms with E-state index in [1.54, 1.807) is 55.5 Å². The summed E-state index contributed by atoms with van der Waals surface area (Å²) < 4.78 is 29.2. The normalized spacial score (nSPS) is 12.1. The van der Waals surface area contributed by atoms with Crippen LogP contribution in [0.5, 0.6) is 0 Å². The third-order valence-electron chi connectivity index (χ3n) is 6.87. The van der Waals surface area contributed by atoms with Crippen molar-refractivity contribution < 1.29 is 18.0 Å². The quantitative estimate of drug-likeness (QED) is 0.198. The van der Waals surface area contributed by atoms with Crippen LogP contribution in [0.1, 0.15) is 49.8 Å². The molecule has 0 heterocycles. The number of carbonyl (C=O) groups is 2. The molecule has 0 aliphatic rings. The first-order chi connectivity index (χ1) is 19.9. The van der Waals surface area contributed by atoms with E-state index in [0.717, 1.165) is 22.7 Å². The molecule has 0 spiro atoms. The zero-order chi connectivity index (χ0) is 31.0. The maximum Gasteiger partial charge on any atom is 0.264 e. The van der Waals surface area contributed by atoms with Gasteiger partial charge in [-0.2, -0.15) is 0 Å². The van der Waals surface area contributed by atoms with Crippen LogP contribution in [0.2, 0.25) is 15.1 Å². The fraction of sp³-hybridized carbons (Fsp3) is 0.355. The van der Waals surface area contributed by atoms with Crippen LogP contribution >= 0.6 is 34.8 Å². The number of amides is 2. The van der Waals surface area contributed by atoms with E-state index in [9.17, 15) is 18.0 Å². The van der Waals surface area contributed by atoms with Crippen molar-refractivity contribution in [1.29, 1.82) is 0 Å². The molecule has 0 aromatic heterocycles. The molecule has 0 aliphatic carbocycles. The van der Waals surface area contributed by atoms with Gasteiger partial charge < -0.3 is 10.2 Å². The van der Waals surface area contributed by atoms with E-state index in [1.165, 1.54) is 17.0 Å². The molecule has 1 unspecified atom stereocenters. The van der Waals surface area contributed by atoms with Gasteiger partial charge in [0.2, 0.25) is 11.8 Å². The van der Waals surface area contributed by atoms with Gasteiger partial charge in [0.05, 0.1) is 20.6 Å². The van der Waals surface area contributed by atoms with Gasteiger partial charge in [0.1, 0.15) is 12.6 Å². The molecule has 3 aromatic carbocycles. The summed E-state index contributed by atoms with van der Waals surface area (Å²) in [5.41, 5.74) is 2.43. The minimum Gasteiger partial charge on any atom is -0.354 e. The number of aryl methyl sites for hydroxylation is 2. The zero-order valence-corrected chi connectivity index (χ0v) is 27.2. The van der Waals surface area contributed by atoms with E-state index in [0.29, 0.717) is 44.8 Å². The molecule has 226 valence electrons. The average molecular weight is 653 g/mol. The van der Waals surface area contributed by atoms with E-state index >= 15 is 0 Å². The lowest BCUT2D eigenvalue weighted by atomic mass is 10.1. The van der Waals surface area contributed by atoms with Crippen molar-refractivity contribution in [3.05, 3.63) is 92.4 Å². The topological polar surface area (TPSA) is 86.8 Å². The fourth-order valence-electron chi connectivity index (χ4n) is 4.51. The Morgan fingerprint density at radius 2 is 1.60 bits per heavy atom. The van der Waals surface area contributed by atoms with Crippen molar-refractivity contribution in [1.82, 2.24) is 10.2 Å². The molecule has 0 saturated heterocycles. The molecule has 1 N–H and O–H groups in total. The Kier molecular flexibility index (Phi) is 12.1. The highest BCUT2D eigenvalue weighted by Gasteiger charge is 2.34. The lowest BCUT2D eigenvalue weighted by Gasteiger charge is -2.33. The summed E-state index contributed by atoms with van der Waals surface area (Å²) in [6.45, 7) is 7.37. The van der Waals surface area contributed by atoms with Crippen molar-refractivity contribution >= 4 is 62.3 Å².